The van der Waals surface area contributed by atoms with Gasteiger partial charge in [-0.15, -0.1) is 0 Å². The number of hydrogen-bond donors (Lipinski definition) is 1. The molecule has 18 heavy (non-hydrogen) atoms. The molecule has 1 aliphatic rings. The molecule has 0 aromatic carbocycles. The average molecular weight is 278 g/mol. The van der Waals surface area contributed by atoms with Gasteiger partial charge in [-0.3, -0.25) is 0 Å². The van der Waals surface area contributed by atoms with Crippen molar-refractivity contribution < 1.29 is 16.9 Å². The van der Waals surface area contributed by atoms with Crippen molar-refractivity contribution >= 4 is 10.4 Å². The first kappa shape index (κ1) is 13.4. The van der Waals surface area contributed by atoms with Crippen molar-refractivity contribution in [3.05, 3.63) is 11.4 Å². The minimum absolute atomic E-state index is 0.152. The quantitative estimate of drug-likeness (QED) is 0.788. The number of nitrogens with zero attached hydrogens (tertiary/aromatic N) is 3. The molecular weight excluding hydrogens is 263 g/mol. The molecule has 7 nitrogen and oxygen atoms in total. The fraction of sp³-hybridized carbons (Fsp3) is 0.778. The lowest BCUT2D eigenvalue weighted by atomic mass is 10.1. The van der Waals surface area contributed by atoms with Crippen molar-refractivity contribution in [1.29, 1.82) is 0 Å². The van der Waals surface area contributed by atoms with Crippen LogP contribution in [0.2, 0.25) is 0 Å². The summed E-state index contributed by atoms with van der Waals surface area (Å²) in [6, 6.07) is 0.152. The SMILES string of the molecule is Cc1nonc1CNC1CCN(S(=O)(=O)F)CC1. The number of hydrogen-bond acceptors (Lipinski definition) is 6. The van der Waals surface area contributed by atoms with E-state index in [1.165, 1.54) is 0 Å². The maximum Gasteiger partial charge on any atom is 0.374 e. The second-order valence-electron chi connectivity index (χ2n) is 4.29. The van der Waals surface area contributed by atoms with Crippen LogP contribution in [0.1, 0.15) is 24.2 Å². The highest BCUT2D eigenvalue weighted by molar-refractivity contribution is 7.83. The Balaban J connectivity index is 1.79. The fourth-order valence-corrected chi connectivity index (χ4v) is 2.58. The zero-order chi connectivity index (χ0) is 13.2. The van der Waals surface area contributed by atoms with Gasteiger partial charge in [0.1, 0.15) is 11.4 Å². The smallest absolute Gasteiger partial charge is 0.308 e. The summed E-state index contributed by atoms with van der Waals surface area (Å²) < 4.78 is 39.5. The van der Waals surface area contributed by atoms with Crippen LogP contribution in [0.25, 0.3) is 0 Å². The second kappa shape index (κ2) is 5.29. The molecule has 0 radical (unpaired) electrons. The molecule has 0 atom stereocenters. The van der Waals surface area contributed by atoms with Crippen LogP contribution in [-0.2, 0) is 17.0 Å². The molecule has 1 aromatic rings. The van der Waals surface area contributed by atoms with Crippen LogP contribution in [0.4, 0.5) is 3.89 Å². The summed E-state index contributed by atoms with van der Waals surface area (Å²) in [7, 11) is -4.55. The van der Waals surface area contributed by atoms with Gasteiger partial charge in [-0.25, -0.2) is 4.63 Å². The van der Waals surface area contributed by atoms with Crippen LogP contribution in [0.5, 0.6) is 0 Å². The molecule has 0 unspecified atom stereocenters. The van der Waals surface area contributed by atoms with Crippen LogP contribution in [-0.4, -0.2) is 42.2 Å². The molecule has 1 aliphatic heterocycles. The van der Waals surface area contributed by atoms with E-state index < -0.39 is 10.4 Å². The fourth-order valence-electron chi connectivity index (χ4n) is 1.93. The Morgan fingerprint density at radius 1 is 1.44 bits per heavy atom. The summed E-state index contributed by atoms with van der Waals surface area (Å²) >= 11 is 0. The molecule has 0 aliphatic carbocycles. The van der Waals surface area contributed by atoms with E-state index in [0.717, 1.165) is 15.7 Å². The summed E-state index contributed by atoms with van der Waals surface area (Å²) in [6.07, 6.45) is 1.15. The summed E-state index contributed by atoms with van der Waals surface area (Å²) in [6.45, 7) is 2.72. The first-order chi connectivity index (χ1) is 8.47. The van der Waals surface area contributed by atoms with Gasteiger partial charge in [-0.05, 0) is 19.8 Å². The van der Waals surface area contributed by atoms with Crippen molar-refractivity contribution in [2.75, 3.05) is 13.1 Å². The van der Waals surface area contributed by atoms with Crippen molar-refractivity contribution in [2.24, 2.45) is 0 Å². The highest BCUT2D eigenvalue weighted by atomic mass is 32.3. The zero-order valence-corrected chi connectivity index (χ0v) is 10.8. The van der Waals surface area contributed by atoms with Crippen LogP contribution >= 0.6 is 0 Å². The summed E-state index contributed by atoms with van der Waals surface area (Å²) in [5, 5.41) is 10.6. The lowest BCUT2D eigenvalue weighted by Gasteiger charge is -2.29. The Morgan fingerprint density at radius 3 is 2.61 bits per heavy atom. The largest absolute Gasteiger partial charge is 0.374 e. The van der Waals surface area contributed by atoms with Gasteiger partial charge in [0, 0.05) is 25.7 Å². The average Bonchev–Trinajstić information content (AvgIpc) is 2.72. The first-order valence-corrected chi connectivity index (χ1v) is 7.02. The second-order valence-corrected chi connectivity index (χ2v) is 5.63. The van der Waals surface area contributed by atoms with Gasteiger partial charge >= 0.3 is 10.4 Å². The number of halogens is 1. The standard InChI is InChI=1S/C9H15FN4O3S/c1-7-9(13-17-12-7)6-11-8-2-4-14(5-3-8)18(10,15)16/h8,11H,2-6H2,1H3. The molecule has 2 rings (SSSR count). The van der Waals surface area contributed by atoms with E-state index >= 15 is 0 Å². The predicted molar refractivity (Wildman–Crippen MR) is 60.5 cm³/mol. The molecule has 9 heteroatoms. The molecular formula is C9H15FN4O3S. The minimum atomic E-state index is -4.55. The highest BCUT2D eigenvalue weighted by Crippen LogP contribution is 2.15. The maximum absolute atomic E-state index is 12.7. The zero-order valence-electron chi connectivity index (χ0n) is 9.97. The van der Waals surface area contributed by atoms with Gasteiger partial charge in [0.05, 0.1) is 0 Å². The van der Waals surface area contributed by atoms with E-state index in [-0.39, 0.29) is 19.1 Å². The normalized spacial score (nSPS) is 19.2. The van der Waals surface area contributed by atoms with Crippen LogP contribution < -0.4 is 5.32 Å². The number of aromatic nitrogens is 2. The molecule has 2 heterocycles. The molecule has 102 valence electrons. The highest BCUT2D eigenvalue weighted by Gasteiger charge is 2.27. The van der Waals surface area contributed by atoms with Gasteiger partial charge in [0.15, 0.2) is 0 Å². The predicted octanol–water partition coefficient (Wildman–Crippen LogP) is 0.146. The van der Waals surface area contributed by atoms with Crippen molar-refractivity contribution in [3.8, 4) is 0 Å². The van der Waals surface area contributed by atoms with Crippen LogP contribution in [0, 0.1) is 6.92 Å². The molecule has 0 bridgehead atoms. The number of rotatable bonds is 4. The molecule has 0 saturated carbocycles. The Hall–Kier alpha value is -1.06. The Bertz CT molecular complexity index is 496. The summed E-state index contributed by atoms with van der Waals surface area (Å²) in [4.78, 5) is 0. The first-order valence-electron chi connectivity index (χ1n) is 5.68. The number of aryl methyl sites for hydroxylation is 1. The lowest BCUT2D eigenvalue weighted by Crippen LogP contribution is -2.43. The monoisotopic (exact) mass is 278 g/mol. The van der Waals surface area contributed by atoms with Gasteiger partial charge in [0.25, 0.3) is 0 Å². The molecule has 1 aromatic heterocycles. The van der Waals surface area contributed by atoms with E-state index in [0.29, 0.717) is 19.4 Å². The number of piperidine rings is 1. The molecule has 1 saturated heterocycles. The summed E-state index contributed by atoms with van der Waals surface area (Å²) in [5.41, 5.74) is 1.46. The van der Waals surface area contributed by atoms with E-state index in [9.17, 15) is 12.3 Å². The Kier molecular flexibility index (Phi) is 3.93. The van der Waals surface area contributed by atoms with Crippen molar-refractivity contribution in [1.82, 2.24) is 19.9 Å². The topological polar surface area (TPSA) is 88.3 Å². The van der Waals surface area contributed by atoms with Crippen molar-refractivity contribution in [3.63, 3.8) is 0 Å². The Morgan fingerprint density at radius 2 is 2.11 bits per heavy atom. The van der Waals surface area contributed by atoms with Gasteiger partial charge in [-0.1, -0.05) is 14.2 Å². The molecule has 1 N–H and O–H groups in total. The van der Waals surface area contributed by atoms with Crippen LogP contribution in [0.15, 0.2) is 4.63 Å². The summed E-state index contributed by atoms with van der Waals surface area (Å²) in [5.74, 6) is 0. The van der Waals surface area contributed by atoms with E-state index in [1.807, 2.05) is 0 Å². The third-order valence-electron chi connectivity index (χ3n) is 3.07. The molecule has 0 amide bonds. The maximum atomic E-state index is 12.7. The van der Waals surface area contributed by atoms with E-state index in [2.05, 4.69) is 20.3 Å². The Labute approximate surface area is 105 Å². The minimum Gasteiger partial charge on any atom is -0.308 e. The van der Waals surface area contributed by atoms with Gasteiger partial charge < -0.3 is 5.32 Å². The van der Waals surface area contributed by atoms with Gasteiger partial charge in [0.2, 0.25) is 0 Å². The van der Waals surface area contributed by atoms with Crippen molar-refractivity contribution in [2.45, 2.75) is 32.4 Å². The third-order valence-corrected chi connectivity index (χ3v) is 4.05. The molecule has 1 fully saturated rings. The van der Waals surface area contributed by atoms with Crippen LogP contribution in [0.3, 0.4) is 0 Å². The third kappa shape index (κ3) is 3.24. The van der Waals surface area contributed by atoms with E-state index in [4.69, 9.17) is 0 Å². The van der Waals surface area contributed by atoms with Gasteiger partial charge in [-0.2, -0.15) is 12.7 Å². The molecule has 0 spiro atoms. The van der Waals surface area contributed by atoms with E-state index in [1.54, 1.807) is 6.92 Å². The lowest BCUT2D eigenvalue weighted by molar-refractivity contribution is 0.274. The number of nitrogens with one attached hydrogen (secondary N) is 1.